The normalized spacial score (nSPS) is 11.0. The zero-order valence-electron chi connectivity index (χ0n) is 10.7. The van der Waals surface area contributed by atoms with Crippen LogP contribution >= 0.6 is 11.6 Å². The van der Waals surface area contributed by atoms with Crippen molar-refractivity contribution in [1.82, 2.24) is 9.88 Å². The van der Waals surface area contributed by atoms with E-state index in [1.165, 1.54) is 19.3 Å². The zero-order chi connectivity index (χ0) is 12.3. The van der Waals surface area contributed by atoms with Crippen molar-refractivity contribution in [3.05, 3.63) is 30.1 Å². The van der Waals surface area contributed by atoms with Crippen molar-refractivity contribution >= 4 is 11.6 Å². The molecule has 0 aromatic carbocycles. The molecule has 1 aromatic heterocycles. The third-order valence-corrected chi connectivity index (χ3v) is 3.18. The number of aromatic nitrogens is 1. The van der Waals surface area contributed by atoms with Gasteiger partial charge in [-0.1, -0.05) is 25.8 Å². The summed E-state index contributed by atoms with van der Waals surface area (Å²) in [5.41, 5.74) is 1.16. The van der Waals surface area contributed by atoms with Crippen molar-refractivity contribution in [1.29, 1.82) is 0 Å². The zero-order valence-corrected chi connectivity index (χ0v) is 11.5. The molecule has 0 unspecified atom stereocenters. The van der Waals surface area contributed by atoms with Gasteiger partial charge in [-0.25, -0.2) is 0 Å². The molecule has 0 atom stereocenters. The summed E-state index contributed by atoms with van der Waals surface area (Å²) in [6.07, 6.45) is 6.81. The Labute approximate surface area is 110 Å². The number of rotatable bonds is 9. The maximum Gasteiger partial charge on any atom is 0.0543 e. The van der Waals surface area contributed by atoms with E-state index in [0.717, 1.165) is 37.6 Å². The number of alkyl halides is 1. The van der Waals surface area contributed by atoms with E-state index in [1.807, 2.05) is 12.3 Å². The molecule has 0 amide bonds. The van der Waals surface area contributed by atoms with Crippen molar-refractivity contribution in [3.8, 4) is 0 Å². The van der Waals surface area contributed by atoms with Gasteiger partial charge in [-0.2, -0.15) is 0 Å². The minimum absolute atomic E-state index is 0.797. The summed E-state index contributed by atoms with van der Waals surface area (Å²) < 4.78 is 0. The lowest BCUT2D eigenvalue weighted by Crippen LogP contribution is -2.24. The smallest absolute Gasteiger partial charge is 0.0543 e. The van der Waals surface area contributed by atoms with Gasteiger partial charge in [-0.15, -0.1) is 11.6 Å². The molecule has 0 saturated carbocycles. The average Bonchev–Trinajstić information content (AvgIpc) is 2.38. The van der Waals surface area contributed by atoms with Gasteiger partial charge in [-0.3, -0.25) is 9.88 Å². The topological polar surface area (TPSA) is 16.1 Å². The summed E-state index contributed by atoms with van der Waals surface area (Å²) >= 11 is 5.66. The summed E-state index contributed by atoms with van der Waals surface area (Å²) in [6, 6.07) is 6.11. The van der Waals surface area contributed by atoms with Crippen LogP contribution in [0.2, 0.25) is 0 Å². The quantitative estimate of drug-likeness (QED) is 0.493. The van der Waals surface area contributed by atoms with Gasteiger partial charge in [0.25, 0.3) is 0 Å². The highest BCUT2D eigenvalue weighted by Crippen LogP contribution is 2.06. The molecular weight excluding hydrogens is 232 g/mol. The SMILES string of the molecule is CCN(CCCCCCCl)Cc1ccccn1. The second kappa shape index (κ2) is 9.43. The molecule has 0 fully saturated rings. The molecule has 0 aliphatic heterocycles. The van der Waals surface area contributed by atoms with Crippen LogP contribution < -0.4 is 0 Å². The Morgan fingerprint density at radius 1 is 1.18 bits per heavy atom. The van der Waals surface area contributed by atoms with Crippen molar-refractivity contribution < 1.29 is 0 Å². The summed E-state index contributed by atoms with van der Waals surface area (Å²) in [5.74, 6) is 0.797. The third kappa shape index (κ3) is 6.64. The van der Waals surface area contributed by atoms with E-state index in [-0.39, 0.29) is 0 Å². The Morgan fingerprint density at radius 2 is 2.00 bits per heavy atom. The molecule has 0 saturated heterocycles. The maximum atomic E-state index is 5.66. The number of hydrogen-bond donors (Lipinski definition) is 0. The number of pyridine rings is 1. The molecular formula is C14H23ClN2. The highest BCUT2D eigenvalue weighted by atomic mass is 35.5. The summed E-state index contributed by atoms with van der Waals surface area (Å²) in [4.78, 5) is 6.81. The van der Waals surface area contributed by atoms with E-state index in [4.69, 9.17) is 11.6 Å². The highest BCUT2D eigenvalue weighted by molar-refractivity contribution is 6.17. The Hall–Kier alpha value is -0.600. The number of unbranched alkanes of at least 4 members (excludes halogenated alkanes) is 3. The molecule has 0 N–H and O–H groups in total. The van der Waals surface area contributed by atoms with Crippen LogP contribution in [0.5, 0.6) is 0 Å². The van der Waals surface area contributed by atoms with Gasteiger partial charge in [0.2, 0.25) is 0 Å². The molecule has 2 nitrogen and oxygen atoms in total. The first-order chi connectivity index (χ1) is 8.36. The van der Waals surface area contributed by atoms with Gasteiger partial charge in [0.1, 0.15) is 0 Å². The van der Waals surface area contributed by atoms with E-state index in [2.05, 4.69) is 28.9 Å². The average molecular weight is 255 g/mol. The molecule has 0 bridgehead atoms. The first-order valence-electron chi connectivity index (χ1n) is 6.55. The Morgan fingerprint density at radius 3 is 2.65 bits per heavy atom. The molecule has 1 aromatic rings. The minimum Gasteiger partial charge on any atom is -0.298 e. The van der Waals surface area contributed by atoms with E-state index in [1.54, 1.807) is 0 Å². The summed E-state index contributed by atoms with van der Waals surface area (Å²) in [5, 5.41) is 0. The molecule has 3 heteroatoms. The molecule has 0 spiro atoms. The van der Waals surface area contributed by atoms with Crippen molar-refractivity contribution in [2.75, 3.05) is 19.0 Å². The Bertz CT molecular complexity index is 277. The molecule has 0 aliphatic carbocycles. The second-order valence-electron chi connectivity index (χ2n) is 4.29. The standard InChI is InChI=1S/C14H23ClN2/c1-2-17(12-8-4-3-6-10-15)13-14-9-5-7-11-16-14/h5,7,9,11H,2-4,6,8,10,12-13H2,1H3. The molecule has 0 aliphatic rings. The van der Waals surface area contributed by atoms with Crippen LogP contribution in [-0.4, -0.2) is 28.9 Å². The van der Waals surface area contributed by atoms with Crippen LogP contribution in [0.4, 0.5) is 0 Å². The number of halogens is 1. The summed E-state index contributed by atoms with van der Waals surface area (Å²) in [6.45, 7) is 5.43. The fourth-order valence-electron chi connectivity index (χ4n) is 1.85. The van der Waals surface area contributed by atoms with Crippen molar-refractivity contribution in [2.45, 2.75) is 39.2 Å². The first-order valence-corrected chi connectivity index (χ1v) is 7.08. The van der Waals surface area contributed by atoms with Gasteiger partial charge in [0.05, 0.1) is 5.69 Å². The van der Waals surface area contributed by atoms with Gasteiger partial charge < -0.3 is 0 Å². The lowest BCUT2D eigenvalue weighted by Gasteiger charge is -2.19. The number of nitrogens with zero attached hydrogens (tertiary/aromatic N) is 2. The molecule has 0 radical (unpaired) electrons. The Balaban J connectivity index is 2.20. The second-order valence-corrected chi connectivity index (χ2v) is 4.67. The van der Waals surface area contributed by atoms with Crippen molar-refractivity contribution in [2.24, 2.45) is 0 Å². The van der Waals surface area contributed by atoms with E-state index < -0.39 is 0 Å². The predicted molar refractivity (Wildman–Crippen MR) is 74.4 cm³/mol. The van der Waals surface area contributed by atoms with E-state index >= 15 is 0 Å². The van der Waals surface area contributed by atoms with E-state index in [9.17, 15) is 0 Å². The number of hydrogen-bond acceptors (Lipinski definition) is 2. The van der Waals surface area contributed by atoms with Crippen LogP contribution in [0.15, 0.2) is 24.4 Å². The Kier molecular flexibility index (Phi) is 8.02. The monoisotopic (exact) mass is 254 g/mol. The molecule has 1 heterocycles. The molecule has 96 valence electrons. The highest BCUT2D eigenvalue weighted by Gasteiger charge is 2.03. The largest absolute Gasteiger partial charge is 0.298 e. The van der Waals surface area contributed by atoms with Gasteiger partial charge in [0, 0.05) is 18.6 Å². The van der Waals surface area contributed by atoms with Crippen molar-refractivity contribution in [3.63, 3.8) is 0 Å². The molecule has 17 heavy (non-hydrogen) atoms. The van der Waals surface area contributed by atoms with Crippen LogP contribution in [0.3, 0.4) is 0 Å². The van der Waals surface area contributed by atoms with Gasteiger partial charge in [0.15, 0.2) is 0 Å². The predicted octanol–water partition coefficient (Wildman–Crippen LogP) is 3.70. The molecule has 1 rings (SSSR count). The minimum atomic E-state index is 0.797. The van der Waals surface area contributed by atoms with Gasteiger partial charge >= 0.3 is 0 Å². The fraction of sp³-hybridized carbons (Fsp3) is 0.643. The van der Waals surface area contributed by atoms with Crippen LogP contribution in [0, 0.1) is 0 Å². The first kappa shape index (κ1) is 14.5. The van der Waals surface area contributed by atoms with Gasteiger partial charge in [-0.05, 0) is 38.1 Å². The third-order valence-electron chi connectivity index (χ3n) is 2.92. The fourth-order valence-corrected chi connectivity index (χ4v) is 2.04. The van der Waals surface area contributed by atoms with Crippen LogP contribution in [0.1, 0.15) is 38.3 Å². The maximum absolute atomic E-state index is 5.66. The van der Waals surface area contributed by atoms with Crippen LogP contribution in [-0.2, 0) is 6.54 Å². The van der Waals surface area contributed by atoms with Crippen LogP contribution in [0.25, 0.3) is 0 Å². The summed E-state index contributed by atoms with van der Waals surface area (Å²) in [7, 11) is 0. The lowest BCUT2D eigenvalue weighted by atomic mass is 10.2. The lowest BCUT2D eigenvalue weighted by molar-refractivity contribution is 0.269. The van der Waals surface area contributed by atoms with E-state index in [0.29, 0.717) is 0 Å².